The molecule has 0 aliphatic carbocycles. The van der Waals surface area contributed by atoms with Crippen LogP contribution in [0.5, 0.6) is 11.8 Å². The highest BCUT2D eigenvalue weighted by Gasteiger charge is 2.11. The number of methoxy groups -OCH3 is 2. The number of thioether (sulfide) groups is 1. The summed E-state index contributed by atoms with van der Waals surface area (Å²) in [6, 6.07) is 6.88. The topological polar surface area (TPSA) is 102 Å². The van der Waals surface area contributed by atoms with Gasteiger partial charge in [-0.25, -0.2) is 4.98 Å². The van der Waals surface area contributed by atoms with Crippen LogP contribution in [0.4, 0.5) is 5.95 Å². The number of H-pyrrole nitrogens is 1. The van der Waals surface area contributed by atoms with Crippen LogP contribution in [0.15, 0.2) is 29.4 Å². The van der Waals surface area contributed by atoms with Crippen molar-refractivity contribution in [1.29, 1.82) is 0 Å². The fourth-order valence-corrected chi connectivity index (χ4v) is 2.85. The van der Waals surface area contributed by atoms with E-state index in [-0.39, 0.29) is 17.6 Å². The van der Waals surface area contributed by atoms with E-state index in [1.54, 1.807) is 12.1 Å². The maximum Gasteiger partial charge on any atom is 0.237 e. The smallest absolute Gasteiger partial charge is 0.237 e. The van der Waals surface area contributed by atoms with Crippen LogP contribution in [0.1, 0.15) is 0 Å². The van der Waals surface area contributed by atoms with Gasteiger partial charge in [-0.15, -0.1) is 0 Å². The second kappa shape index (κ2) is 7.58. The number of benzene rings is 1. The van der Waals surface area contributed by atoms with Crippen molar-refractivity contribution in [2.45, 2.75) is 5.16 Å². The third-order valence-corrected chi connectivity index (χ3v) is 4.22. The van der Waals surface area contributed by atoms with E-state index < -0.39 is 0 Å². The Hall–Kier alpha value is -2.52. The lowest BCUT2D eigenvalue weighted by Gasteiger charge is -2.07. The fraction of sp³-hybridized carbons (Fsp3) is 0.200. The van der Waals surface area contributed by atoms with Crippen LogP contribution in [0.2, 0.25) is 5.02 Å². The van der Waals surface area contributed by atoms with Gasteiger partial charge in [0.25, 0.3) is 0 Å². The van der Waals surface area contributed by atoms with Crippen molar-refractivity contribution in [3.05, 3.63) is 29.3 Å². The van der Waals surface area contributed by atoms with Crippen LogP contribution < -0.4 is 14.8 Å². The molecule has 2 heterocycles. The standard InChI is InChI=1S/C15H14ClN5O3S/c1-23-12-6-13(24-2)21-14(20-12)19-11(22)7-25-15-17-9-4-3-8(16)5-10(9)18-15/h3-6H,7H2,1-2H3,(H,17,18)(H,19,20,21,22). The number of amides is 1. The van der Waals surface area contributed by atoms with Gasteiger partial charge in [0, 0.05) is 5.02 Å². The molecule has 3 aromatic rings. The van der Waals surface area contributed by atoms with Crippen molar-refractivity contribution < 1.29 is 14.3 Å². The monoisotopic (exact) mass is 379 g/mol. The van der Waals surface area contributed by atoms with Crippen molar-refractivity contribution in [2.24, 2.45) is 0 Å². The van der Waals surface area contributed by atoms with Crippen molar-refractivity contribution in [1.82, 2.24) is 19.9 Å². The van der Waals surface area contributed by atoms with Gasteiger partial charge in [-0.05, 0) is 18.2 Å². The Labute approximate surface area is 152 Å². The first-order chi connectivity index (χ1) is 12.1. The van der Waals surface area contributed by atoms with Crippen LogP contribution in [-0.2, 0) is 4.79 Å². The summed E-state index contributed by atoms with van der Waals surface area (Å²) in [6.45, 7) is 0. The molecule has 0 bridgehead atoms. The van der Waals surface area contributed by atoms with Crippen molar-refractivity contribution in [3.8, 4) is 11.8 Å². The molecule has 0 spiro atoms. The lowest BCUT2D eigenvalue weighted by Crippen LogP contribution is -2.16. The molecule has 3 rings (SSSR count). The summed E-state index contributed by atoms with van der Waals surface area (Å²) in [4.78, 5) is 27.7. The first kappa shape index (κ1) is 17.3. The number of halogens is 1. The lowest BCUT2D eigenvalue weighted by atomic mass is 10.3. The summed E-state index contributed by atoms with van der Waals surface area (Å²) in [5.41, 5.74) is 1.60. The van der Waals surface area contributed by atoms with Crippen LogP contribution in [0, 0.1) is 0 Å². The van der Waals surface area contributed by atoms with Gasteiger partial charge in [-0.1, -0.05) is 23.4 Å². The van der Waals surface area contributed by atoms with Gasteiger partial charge >= 0.3 is 0 Å². The molecule has 1 amide bonds. The molecular formula is C15H14ClN5O3S. The van der Waals surface area contributed by atoms with E-state index in [1.165, 1.54) is 32.0 Å². The molecule has 1 aromatic carbocycles. The summed E-state index contributed by atoms with van der Waals surface area (Å²) in [6.07, 6.45) is 0. The molecule has 0 radical (unpaired) electrons. The maximum atomic E-state index is 12.1. The number of carbonyl (C=O) groups excluding carboxylic acids is 1. The van der Waals surface area contributed by atoms with Gasteiger partial charge < -0.3 is 14.5 Å². The highest BCUT2D eigenvalue weighted by Crippen LogP contribution is 2.22. The predicted octanol–water partition coefficient (Wildman–Crippen LogP) is 2.75. The van der Waals surface area contributed by atoms with E-state index in [0.29, 0.717) is 21.9 Å². The molecule has 2 N–H and O–H groups in total. The zero-order chi connectivity index (χ0) is 17.8. The largest absolute Gasteiger partial charge is 0.481 e. The van der Waals surface area contributed by atoms with Crippen LogP contribution in [0.3, 0.4) is 0 Å². The van der Waals surface area contributed by atoms with Gasteiger partial charge in [0.05, 0.1) is 37.1 Å². The zero-order valence-corrected chi connectivity index (χ0v) is 14.9. The summed E-state index contributed by atoms with van der Waals surface area (Å²) in [5.74, 6) is 0.557. The SMILES string of the molecule is COc1cc(OC)nc(NC(=O)CSc2nc3ccc(Cl)cc3[nH]2)n1. The van der Waals surface area contributed by atoms with Gasteiger partial charge in [0.2, 0.25) is 23.6 Å². The highest BCUT2D eigenvalue weighted by atomic mass is 35.5. The molecular weight excluding hydrogens is 366 g/mol. The number of nitrogens with one attached hydrogen (secondary N) is 2. The summed E-state index contributed by atoms with van der Waals surface area (Å²) >= 11 is 7.20. The zero-order valence-electron chi connectivity index (χ0n) is 13.4. The Kier molecular flexibility index (Phi) is 5.25. The summed E-state index contributed by atoms with van der Waals surface area (Å²) in [5, 5.41) is 3.84. The molecule has 0 aliphatic heterocycles. The Morgan fingerprint density at radius 2 is 1.92 bits per heavy atom. The fourth-order valence-electron chi connectivity index (χ4n) is 1.99. The average molecular weight is 380 g/mol. The first-order valence-electron chi connectivity index (χ1n) is 7.12. The number of aromatic amines is 1. The molecule has 0 unspecified atom stereocenters. The number of fused-ring (bicyclic) bond motifs is 1. The van der Waals surface area contributed by atoms with Gasteiger partial charge in [-0.2, -0.15) is 9.97 Å². The average Bonchev–Trinajstić information content (AvgIpc) is 3.01. The second-order valence-electron chi connectivity index (χ2n) is 4.82. The number of rotatable bonds is 6. The molecule has 8 nitrogen and oxygen atoms in total. The Morgan fingerprint density at radius 1 is 1.20 bits per heavy atom. The van der Waals surface area contributed by atoms with E-state index >= 15 is 0 Å². The molecule has 0 fully saturated rings. The number of nitrogens with zero attached hydrogens (tertiary/aromatic N) is 3. The number of hydrogen-bond donors (Lipinski definition) is 2. The van der Waals surface area contributed by atoms with Crippen molar-refractivity contribution in [3.63, 3.8) is 0 Å². The summed E-state index contributed by atoms with van der Waals surface area (Å²) < 4.78 is 10.1. The van der Waals surface area contributed by atoms with E-state index in [2.05, 4.69) is 25.3 Å². The van der Waals surface area contributed by atoms with E-state index in [0.717, 1.165) is 11.0 Å². The number of anilines is 1. The number of hydrogen-bond acceptors (Lipinski definition) is 7. The number of imidazole rings is 1. The molecule has 0 atom stereocenters. The van der Waals surface area contributed by atoms with Crippen LogP contribution in [-0.4, -0.2) is 45.8 Å². The van der Waals surface area contributed by atoms with E-state index in [1.807, 2.05) is 6.07 Å². The van der Waals surface area contributed by atoms with E-state index in [4.69, 9.17) is 21.1 Å². The number of carbonyl (C=O) groups is 1. The molecule has 130 valence electrons. The molecule has 0 saturated heterocycles. The Balaban J connectivity index is 1.64. The number of aromatic nitrogens is 4. The third kappa shape index (κ3) is 4.31. The normalized spacial score (nSPS) is 10.7. The third-order valence-electron chi connectivity index (χ3n) is 3.11. The van der Waals surface area contributed by atoms with Crippen LogP contribution in [0.25, 0.3) is 11.0 Å². The lowest BCUT2D eigenvalue weighted by molar-refractivity contribution is -0.113. The molecule has 0 aliphatic rings. The van der Waals surface area contributed by atoms with E-state index in [9.17, 15) is 4.79 Å². The van der Waals surface area contributed by atoms with Gasteiger partial charge in [-0.3, -0.25) is 10.1 Å². The Morgan fingerprint density at radius 3 is 2.60 bits per heavy atom. The number of ether oxygens (including phenoxy) is 2. The second-order valence-corrected chi connectivity index (χ2v) is 6.22. The maximum absolute atomic E-state index is 12.1. The molecule has 2 aromatic heterocycles. The minimum Gasteiger partial charge on any atom is -0.481 e. The van der Waals surface area contributed by atoms with Crippen LogP contribution >= 0.6 is 23.4 Å². The first-order valence-corrected chi connectivity index (χ1v) is 8.48. The summed E-state index contributed by atoms with van der Waals surface area (Å²) in [7, 11) is 2.94. The van der Waals surface area contributed by atoms with Gasteiger partial charge in [0.1, 0.15) is 0 Å². The Bertz CT molecular complexity index is 895. The molecule has 0 saturated carbocycles. The highest BCUT2D eigenvalue weighted by molar-refractivity contribution is 7.99. The minimum atomic E-state index is -0.279. The van der Waals surface area contributed by atoms with Crippen molar-refractivity contribution >= 4 is 46.3 Å². The quantitative estimate of drug-likeness (QED) is 0.635. The molecule has 10 heteroatoms. The van der Waals surface area contributed by atoms with Crippen molar-refractivity contribution in [2.75, 3.05) is 25.3 Å². The van der Waals surface area contributed by atoms with Gasteiger partial charge in [0.15, 0.2) is 5.16 Å². The predicted molar refractivity (Wildman–Crippen MR) is 95.6 cm³/mol. The minimum absolute atomic E-state index is 0.109. The molecule has 25 heavy (non-hydrogen) atoms.